The van der Waals surface area contributed by atoms with E-state index in [9.17, 15) is 0 Å². The van der Waals surface area contributed by atoms with E-state index in [1.807, 2.05) is 0 Å². The lowest BCUT2D eigenvalue weighted by Crippen LogP contribution is -3.00. The predicted octanol–water partition coefficient (Wildman–Crippen LogP) is -1.60. The molecule has 4 fully saturated rings. The van der Waals surface area contributed by atoms with Crippen LogP contribution in [0.1, 0.15) is 18.4 Å². The smallest absolute Gasteiger partial charge is 0.175 e. The Morgan fingerprint density at radius 1 is 0.792 bits per heavy atom. The van der Waals surface area contributed by atoms with E-state index in [1.54, 1.807) is 0 Å². The Morgan fingerprint density at radius 3 is 2.33 bits per heavy atom. The van der Waals surface area contributed by atoms with Crippen molar-refractivity contribution in [3.8, 4) is 0 Å². The highest BCUT2D eigenvalue weighted by molar-refractivity contribution is 5.14. The van der Waals surface area contributed by atoms with Crippen LogP contribution in [0.5, 0.6) is 0 Å². The fraction of sp³-hybridized carbons (Fsp3) is 0.684. The van der Waals surface area contributed by atoms with E-state index < -0.39 is 0 Å². The van der Waals surface area contributed by atoms with Crippen LogP contribution in [-0.2, 0) is 6.54 Å². The fourth-order valence-corrected chi connectivity index (χ4v) is 5.78. The largest absolute Gasteiger partial charge is 1.00 e. The molecule has 4 saturated heterocycles. The Labute approximate surface area is 156 Å². The number of rotatable bonds is 2. The molecule has 0 radical (unpaired) electrons. The fourth-order valence-electron chi connectivity index (χ4n) is 5.78. The quantitative estimate of drug-likeness (QED) is 0.561. The molecular formula is C19H29BrN4. The summed E-state index contributed by atoms with van der Waals surface area (Å²) >= 11 is 0. The van der Waals surface area contributed by atoms with Gasteiger partial charge in [0.1, 0.15) is 12.7 Å². The Morgan fingerprint density at radius 2 is 1.50 bits per heavy atom. The third-order valence-electron chi connectivity index (χ3n) is 6.74. The molecule has 0 bridgehead atoms. The first kappa shape index (κ1) is 17.0. The van der Waals surface area contributed by atoms with E-state index in [4.69, 9.17) is 0 Å². The summed E-state index contributed by atoms with van der Waals surface area (Å²) < 4.78 is 1.31. The average molecular weight is 393 g/mol. The summed E-state index contributed by atoms with van der Waals surface area (Å²) in [4.78, 5) is 8.44. The maximum atomic E-state index is 2.84. The summed E-state index contributed by atoms with van der Waals surface area (Å²) in [6.45, 7) is 11.7. The molecule has 0 spiro atoms. The minimum Gasteiger partial charge on any atom is -1.00 e. The maximum absolute atomic E-state index is 2.84. The van der Waals surface area contributed by atoms with Crippen LogP contribution >= 0.6 is 0 Å². The third kappa shape index (κ3) is 2.65. The Bertz CT molecular complexity index is 562. The van der Waals surface area contributed by atoms with Crippen molar-refractivity contribution in [2.24, 2.45) is 0 Å². The first-order valence-corrected chi connectivity index (χ1v) is 9.48. The van der Waals surface area contributed by atoms with Gasteiger partial charge >= 0.3 is 0 Å². The van der Waals surface area contributed by atoms with Gasteiger partial charge < -0.3 is 21.5 Å². The van der Waals surface area contributed by atoms with E-state index in [0.717, 1.165) is 0 Å². The lowest BCUT2D eigenvalue weighted by atomic mass is 9.96. The second kappa shape index (κ2) is 6.69. The molecule has 1 aromatic carbocycles. The number of quaternary nitrogens is 1. The van der Waals surface area contributed by atoms with Crippen molar-refractivity contribution in [3.05, 3.63) is 35.9 Å². The maximum Gasteiger partial charge on any atom is 0.175 e. The minimum absolute atomic E-state index is 0. The van der Waals surface area contributed by atoms with Crippen LogP contribution in [-0.4, -0.2) is 83.9 Å². The summed E-state index contributed by atoms with van der Waals surface area (Å²) in [7, 11) is 0. The second-order valence-electron chi connectivity index (χ2n) is 7.95. The monoisotopic (exact) mass is 392 g/mol. The van der Waals surface area contributed by atoms with Gasteiger partial charge in [0.25, 0.3) is 0 Å². The van der Waals surface area contributed by atoms with Gasteiger partial charge in [0, 0.05) is 51.3 Å². The molecule has 0 amide bonds. The Balaban J connectivity index is 0.00000146. The Kier molecular flexibility index (Phi) is 4.73. The highest BCUT2D eigenvalue weighted by atomic mass is 79.9. The zero-order valence-corrected chi connectivity index (χ0v) is 16.1. The van der Waals surface area contributed by atoms with Crippen LogP contribution in [0, 0.1) is 0 Å². The van der Waals surface area contributed by atoms with Gasteiger partial charge in [0.15, 0.2) is 6.17 Å². The molecule has 5 rings (SSSR count). The molecule has 0 saturated carbocycles. The van der Waals surface area contributed by atoms with E-state index in [0.29, 0.717) is 12.3 Å². The van der Waals surface area contributed by atoms with E-state index in [1.165, 1.54) is 81.8 Å². The first-order valence-electron chi connectivity index (χ1n) is 9.48. The van der Waals surface area contributed by atoms with E-state index >= 15 is 0 Å². The summed E-state index contributed by atoms with van der Waals surface area (Å²) in [6.07, 6.45) is 4.11. The lowest BCUT2D eigenvalue weighted by Gasteiger charge is -2.65. The van der Waals surface area contributed by atoms with Crippen LogP contribution in [0.25, 0.3) is 0 Å². The Hall–Kier alpha value is -0.460. The molecule has 4 heterocycles. The van der Waals surface area contributed by atoms with E-state index in [2.05, 4.69) is 45.0 Å². The lowest BCUT2D eigenvalue weighted by molar-refractivity contribution is -0.989. The van der Waals surface area contributed by atoms with Crippen molar-refractivity contribution in [1.82, 2.24) is 14.7 Å². The van der Waals surface area contributed by atoms with Gasteiger partial charge in [-0.3, -0.25) is 14.7 Å². The first-order chi connectivity index (χ1) is 11.4. The van der Waals surface area contributed by atoms with Crippen LogP contribution in [0.15, 0.2) is 30.3 Å². The molecule has 0 N–H and O–H groups in total. The summed E-state index contributed by atoms with van der Waals surface area (Å²) in [5.41, 5.74) is 1.52. The molecule has 4 aliphatic heterocycles. The predicted molar refractivity (Wildman–Crippen MR) is 91.7 cm³/mol. The average Bonchev–Trinajstić information content (AvgIpc) is 2.61. The molecule has 1 unspecified atom stereocenters. The molecule has 1 aromatic rings. The van der Waals surface area contributed by atoms with Gasteiger partial charge in [-0.25, -0.2) is 0 Å². The van der Waals surface area contributed by atoms with Gasteiger partial charge in [-0.15, -0.1) is 0 Å². The van der Waals surface area contributed by atoms with Crippen LogP contribution < -0.4 is 17.0 Å². The molecular weight excluding hydrogens is 364 g/mol. The number of hydrogen-bond donors (Lipinski definition) is 0. The molecule has 132 valence electrons. The molecule has 3 atom stereocenters. The van der Waals surface area contributed by atoms with E-state index in [-0.39, 0.29) is 17.0 Å². The highest BCUT2D eigenvalue weighted by Crippen LogP contribution is 2.38. The van der Waals surface area contributed by atoms with Crippen LogP contribution in [0.4, 0.5) is 0 Å². The number of piperazine rings is 2. The molecule has 5 heteroatoms. The number of halogens is 1. The van der Waals surface area contributed by atoms with Crippen molar-refractivity contribution >= 4 is 0 Å². The molecule has 4 nitrogen and oxygen atoms in total. The zero-order chi connectivity index (χ0) is 15.3. The van der Waals surface area contributed by atoms with Gasteiger partial charge in [-0.05, 0) is 6.42 Å². The van der Waals surface area contributed by atoms with Crippen molar-refractivity contribution in [3.63, 3.8) is 0 Å². The summed E-state index contributed by atoms with van der Waals surface area (Å²) in [6, 6.07) is 11.2. The van der Waals surface area contributed by atoms with Gasteiger partial charge in [-0.1, -0.05) is 30.3 Å². The highest BCUT2D eigenvalue weighted by Gasteiger charge is 2.57. The molecule has 0 aliphatic carbocycles. The number of benzene rings is 1. The number of hydrogen-bond acceptors (Lipinski definition) is 3. The van der Waals surface area contributed by atoms with Gasteiger partial charge in [0.05, 0.1) is 13.1 Å². The second-order valence-corrected chi connectivity index (χ2v) is 7.95. The molecule has 4 aliphatic rings. The van der Waals surface area contributed by atoms with Gasteiger partial charge in [0.2, 0.25) is 0 Å². The van der Waals surface area contributed by atoms with Crippen molar-refractivity contribution in [1.29, 1.82) is 0 Å². The van der Waals surface area contributed by atoms with Crippen molar-refractivity contribution in [2.75, 3.05) is 52.4 Å². The van der Waals surface area contributed by atoms with Crippen molar-refractivity contribution in [2.45, 2.75) is 31.7 Å². The van der Waals surface area contributed by atoms with Gasteiger partial charge in [-0.2, -0.15) is 0 Å². The topological polar surface area (TPSA) is 9.72 Å². The normalized spacial score (nSPS) is 36.7. The molecule has 0 aromatic heterocycles. The van der Waals surface area contributed by atoms with Crippen LogP contribution in [0.3, 0.4) is 0 Å². The van der Waals surface area contributed by atoms with Crippen molar-refractivity contribution < 1.29 is 21.5 Å². The minimum atomic E-state index is 0. The zero-order valence-electron chi connectivity index (χ0n) is 14.5. The molecule has 24 heavy (non-hydrogen) atoms. The summed E-state index contributed by atoms with van der Waals surface area (Å²) in [5.74, 6) is 0. The number of nitrogens with zero attached hydrogens (tertiary/aromatic N) is 4. The third-order valence-corrected chi connectivity index (χ3v) is 6.74. The standard InChI is InChI=1S/C19H29N4.BrH/c1-2-6-17(7-3-1)16-23-14-5-10-22-12-11-20-8-4-9-21(13-15-23)18(20)19(22)23;/h1-3,6-7,18-19H,4-5,8-16H2;1H/q+1;/p-1/t18-,19+,23?;/m0./s1. The SMILES string of the molecule is [Br-].c1ccc(C[N+]23CCCN4CCN5CCCN(CC2)[C@H]5[C@H]43)cc1. The van der Waals surface area contributed by atoms with Crippen LogP contribution in [0.2, 0.25) is 0 Å². The summed E-state index contributed by atoms with van der Waals surface area (Å²) in [5, 5.41) is 0.